The molecule has 1 heterocycles. The molecule has 2 atom stereocenters. The molecule has 0 spiro atoms. The highest BCUT2D eigenvalue weighted by atomic mass is 35.7. The van der Waals surface area contributed by atoms with Gasteiger partial charge in [-0.15, -0.1) is 0 Å². The molecule has 0 aromatic heterocycles. The van der Waals surface area contributed by atoms with Gasteiger partial charge in [0, 0.05) is 27.8 Å². The number of hydrogen-bond acceptors (Lipinski definition) is 2. The molecule has 0 N–H and O–H groups in total. The van der Waals surface area contributed by atoms with Gasteiger partial charge in [0.05, 0.1) is 6.61 Å². The Labute approximate surface area is 68.5 Å². The first-order valence-electron chi connectivity index (χ1n) is 3.50. The van der Waals surface area contributed by atoms with Crippen molar-refractivity contribution in [1.29, 1.82) is 0 Å². The smallest absolute Gasteiger partial charge is 0.0621 e. The summed E-state index contributed by atoms with van der Waals surface area (Å²) in [5, 5.41) is 0. The van der Waals surface area contributed by atoms with Crippen molar-refractivity contribution in [2.75, 3.05) is 20.3 Å². The highest BCUT2D eigenvalue weighted by molar-refractivity contribution is 7.66. The van der Waals surface area contributed by atoms with Crippen molar-refractivity contribution in [3.05, 3.63) is 0 Å². The Balaban J connectivity index is 2.27. The van der Waals surface area contributed by atoms with Gasteiger partial charge in [-0.25, -0.2) is 0 Å². The van der Waals surface area contributed by atoms with Crippen molar-refractivity contribution in [3.8, 4) is 0 Å². The van der Waals surface area contributed by atoms with Crippen LogP contribution in [0.2, 0.25) is 0 Å². The molecule has 0 aromatic rings. The summed E-state index contributed by atoms with van der Waals surface area (Å²) in [6, 6.07) is 0.584. The average Bonchev–Trinajstić information content (AvgIpc) is 2.36. The first-order chi connectivity index (χ1) is 4.88. The number of ether oxygens (including phenoxy) is 1. The summed E-state index contributed by atoms with van der Waals surface area (Å²) in [7, 11) is 2.17. The third-order valence-electron chi connectivity index (χ3n) is 1.84. The maximum Gasteiger partial charge on any atom is 0.0621 e. The maximum atomic E-state index is 5.74. The highest BCUT2D eigenvalue weighted by Crippen LogP contribution is 2.32. The maximum absolute atomic E-state index is 5.74. The zero-order valence-corrected chi connectivity index (χ0v) is 7.90. The number of rotatable bonds is 3. The lowest BCUT2D eigenvalue weighted by molar-refractivity contribution is 0.152. The number of halogens is 1. The summed E-state index contributed by atoms with van der Waals surface area (Å²) in [5.41, 5.74) is 0. The molecule has 1 aliphatic rings. The van der Waals surface area contributed by atoms with Crippen LogP contribution >= 0.6 is 19.3 Å². The quantitative estimate of drug-likeness (QED) is 0.616. The van der Waals surface area contributed by atoms with Gasteiger partial charge in [-0.3, -0.25) is 4.67 Å². The predicted molar refractivity (Wildman–Crippen MR) is 45.8 cm³/mol. The van der Waals surface area contributed by atoms with Gasteiger partial charge >= 0.3 is 0 Å². The summed E-state index contributed by atoms with van der Waals surface area (Å²) < 4.78 is 7.34. The van der Waals surface area contributed by atoms with Gasteiger partial charge < -0.3 is 4.74 Å². The summed E-state index contributed by atoms with van der Waals surface area (Å²) in [4.78, 5) is 0. The minimum Gasteiger partial charge on any atom is -0.383 e. The minimum atomic E-state index is 0.427. The van der Waals surface area contributed by atoms with E-state index in [4.69, 9.17) is 16.0 Å². The zero-order chi connectivity index (χ0) is 7.40. The monoisotopic (exact) mass is 181 g/mol. The number of methoxy groups -OCH3 is 1. The van der Waals surface area contributed by atoms with Crippen molar-refractivity contribution >= 4 is 19.3 Å². The highest BCUT2D eigenvalue weighted by Gasteiger charge is 2.22. The normalized spacial score (nSPS) is 28.8. The Bertz CT molecular complexity index is 104. The molecule has 1 rings (SSSR count). The van der Waals surface area contributed by atoms with E-state index in [0.717, 1.165) is 13.2 Å². The van der Waals surface area contributed by atoms with Crippen LogP contribution in [0.25, 0.3) is 0 Å². The van der Waals surface area contributed by atoms with Crippen LogP contribution in [-0.2, 0) is 4.74 Å². The molecular formula is C6H13ClNOP. The van der Waals surface area contributed by atoms with Crippen molar-refractivity contribution in [2.45, 2.75) is 18.9 Å². The van der Waals surface area contributed by atoms with Gasteiger partial charge in [0.25, 0.3) is 0 Å². The van der Waals surface area contributed by atoms with Crippen LogP contribution in [0.15, 0.2) is 0 Å². The van der Waals surface area contributed by atoms with E-state index in [2.05, 4.69) is 4.67 Å². The van der Waals surface area contributed by atoms with Crippen LogP contribution in [0, 0.1) is 0 Å². The Morgan fingerprint density at radius 1 is 1.80 bits per heavy atom. The second-order valence-electron chi connectivity index (χ2n) is 2.53. The van der Waals surface area contributed by atoms with E-state index in [1.54, 1.807) is 7.11 Å². The number of nitrogens with zero attached hydrogens (tertiary/aromatic N) is 1. The molecule has 1 saturated heterocycles. The Morgan fingerprint density at radius 3 is 3.20 bits per heavy atom. The van der Waals surface area contributed by atoms with Crippen LogP contribution < -0.4 is 0 Å². The topological polar surface area (TPSA) is 12.5 Å². The lowest BCUT2D eigenvalue weighted by Gasteiger charge is -2.19. The Kier molecular flexibility index (Phi) is 3.93. The third-order valence-corrected chi connectivity index (χ3v) is 3.30. The molecule has 1 aliphatic heterocycles. The van der Waals surface area contributed by atoms with Crippen molar-refractivity contribution in [3.63, 3.8) is 0 Å². The lowest BCUT2D eigenvalue weighted by Crippen LogP contribution is -2.24. The first-order valence-corrected chi connectivity index (χ1v) is 5.46. The molecule has 0 amide bonds. The summed E-state index contributed by atoms with van der Waals surface area (Å²) in [6.45, 7) is 1.98. The minimum absolute atomic E-state index is 0.427. The fourth-order valence-electron chi connectivity index (χ4n) is 1.31. The van der Waals surface area contributed by atoms with Gasteiger partial charge in [0.1, 0.15) is 0 Å². The molecule has 1 fully saturated rings. The van der Waals surface area contributed by atoms with Gasteiger partial charge in [-0.2, -0.15) is 0 Å². The molecule has 0 bridgehead atoms. The molecule has 10 heavy (non-hydrogen) atoms. The second kappa shape index (κ2) is 4.50. The van der Waals surface area contributed by atoms with E-state index in [1.807, 2.05) is 0 Å². The van der Waals surface area contributed by atoms with Crippen LogP contribution in [-0.4, -0.2) is 31.0 Å². The molecule has 2 nitrogen and oxygen atoms in total. The predicted octanol–water partition coefficient (Wildman–Crippen LogP) is 1.84. The lowest BCUT2D eigenvalue weighted by atomic mass is 10.2. The largest absolute Gasteiger partial charge is 0.383 e. The van der Waals surface area contributed by atoms with Crippen LogP contribution in [0.4, 0.5) is 0 Å². The van der Waals surface area contributed by atoms with Gasteiger partial charge in [-0.05, 0) is 12.8 Å². The van der Waals surface area contributed by atoms with E-state index >= 15 is 0 Å². The molecule has 0 aliphatic carbocycles. The Hall–Kier alpha value is 0.640. The fraction of sp³-hybridized carbons (Fsp3) is 1.00. The van der Waals surface area contributed by atoms with Gasteiger partial charge in [0.2, 0.25) is 0 Å². The zero-order valence-electron chi connectivity index (χ0n) is 6.14. The summed E-state index contributed by atoms with van der Waals surface area (Å²) in [5.74, 6) is 0. The standard InChI is InChI=1S/C6H13ClNOP/c1-9-5-6-3-2-4-8(6)10-7/h6,10H,2-5H2,1H3/t6-/m1/s1. The van der Waals surface area contributed by atoms with E-state index < -0.39 is 0 Å². The molecule has 60 valence electrons. The van der Waals surface area contributed by atoms with Crippen LogP contribution in [0.5, 0.6) is 0 Å². The van der Waals surface area contributed by atoms with E-state index in [0.29, 0.717) is 14.1 Å². The molecule has 0 aromatic carbocycles. The average molecular weight is 182 g/mol. The molecule has 4 heteroatoms. The van der Waals surface area contributed by atoms with Crippen LogP contribution in [0.1, 0.15) is 12.8 Å². The van der Waals surface area contributed by atoms with Crippen molar-refractivity contribution in [2.24, 2.45) is 0 Å². The van der Waals surface area contributed by atoms with Crippen molar-refractivity contribution in [1.82, 2.24) is 4.67 Å². The van der Waals surface area contributed by atoms with E-state index in [9.17, 15) is 0 Å². The van der Waals surface area contributed by atoms with E-state index in [-0.39, 0.29) is 0 Å². The molecule has 1 unspecified atom stereocenters. The number of hydrogen-bond donors (Lipinski definition) is 0. The molecule has 0 radical (unpaired) electrons. The van der Waals surface area contributed by atoms with Gasteiger partial charge in [-0.1, -0.05) is 11.2 Å². The molecular weight excluding hydrogens is 168 g/mol. The first kappa shape index (κ1) is 8.73. The fourth-order valence-corrected chi connectivity index (χ4v) is 2.56. The van der Waals surface area contributed by atoms with Gasteiger partial charge in [0.15, 0.2) is 0 Å². The Morgan fingerprint density at radius 2 is 2.60 bits per heavy atom. The van der Waals surface area contributed by atoms with E-state index in [1.165, 1.54) is 12.8 Å². The molecule has 0 saturated carbocycles. The van der Waals surface area contributed by atoms with Crippen LogP contribution in [0.3, 0.4) is 0 Å². The SMILES string of the molecule is COC[C@H]1CCCN1PCl. The second-order valence-corrected chi connectivity index (χ2v) is 3.78. The summed E-state index contributed by atoms with van der Waals surface area (Å²) >= 11 is 5.74. The summed E-state index contributed by atoms with van der Waals surface area (Å²) in [6.07, 6.45) is 2.52. The van der Waals surface area contributed by atoms with Crippen molar-refractivity contribution < 1.29 is 4.74 Å². The third kappa shape index (κ3) is 2.06.